The number of halogens is 2. The monoisotopic (exact) mass is 412 g/mol. The van der Waals surface area contributed by atoms with E-state index in [0.717, 1.165) is 16.7 Å². The normalized spacial score (nSPS) is 16.2. The van der Waals surface area contributed by atoms with Crippen molar-refractivity contribution >= 4 is 34.9 Å². The largest absolute Gasteiger partial charge is 0.435 e. The SMILES string of the molecule is CC(C)(C)CC(=O)NCCN1C(=O)S/C(=C\c2ccc(OC(F)F)cc2)C1=O. The zero-order valence-electron chi connectivity index (χ0n) is 15.8. The van der Waals surface area contributed by atoms with E-state index in [4.69, 9.17) is 0 Å². The first-order chi connectivity index (χ1) is 13.0. The van der Waals surface area contributed by atoms with Crippen LogP contribution in [-0.4, -0.2) is 41.7 Å². The van der Waals surface area contributed by atoms with Gasteiger partial charge >= 0.3 is 6.61 Å². The van der Waals surface area contributed by atoms with Gasteiger partial charge in [-0.1, -0.05) is 32.9 Å². The van der Waals surface area contributed by atoms with E-state index in [1.165, 1.54) is 30.3 Å². The van der Waals surface area contributed by atoms with Gasteiger partial charge in [-0.3, -0.25) is 19.3 Å². The predicted molar refractivity (Wildman–Crippen MR) is 103 cm³/mol. The summed E-state index contributed by atoms with van der Waals surface area (Å²) < 4.78 is 28.6. The number of alkyl halides is 2. The Labute approximate surface area is 166 Å². The summed E-state index contributed by atoms with van der Waals surface area (Å²) in [6, 6.07) is 5.73. The van der Waals surface area contributed by atoms with Crippen LogP contribution in [-0.2, 0) is 9.59 Å². The number of nitrogens with one attached hydrogen (secondary N) is 1. The summed E-state index contributed by atoms with van der Waals surface area (Å²) in [5.74, 6) is -0.583. The fourth-order valence-electron chi connectivity index (χ4n) is 2.44. The topological polar surface area (TPSA) is 75.7 Å². The van der Waals surface area contributed by atoms with Crippen molar-refractivity contribution in [3.8, 4) is 5.75 Å². The number of amides is 3. The molecule has 6 nitrogen and oxygen atoms in total. The smallest absolute Gasteiger partial charge is 0.387 e. The van der Waals surface area contributed by atoms with Gasteiger partial charge in [-0.15, -0.1) is 0 Å². The molecular weight excluding hydrogens is 390 g/mol. The molecular formula is C19H22F2N2O4S. The third-order valence-electron chi connectivity index (χ3n) is 3.63. The summed E-state index contributed by atoms with van der Waals surface area (Å²) >= 11 is 0.795. The molecule has 0 saturated carbocycles. The minimum atomic E-state index is -2.91. The number of hydrogen-bond donors (Lipinski definition) is 1. The number of imide groups is 1. The Morgan fingerprint density at radius 1 is 1.25 bits per heavy atom. The molecule has 1 aliphatic rings. The van der Waals surface area contributed by atoms with Gasteiger partial charge in [0.25, 0.3) is 11.1 Å². The number of hydrogen-bond acceptors (Lipinski definition) is 5. The van der Waals surface area contributed by atoms with Gasteiger partial charge in [-0.2, -0.15) is 8.78 Å². The second-order valence-corrected chi connectivity index (χ2v) is 8.36. The summed E-state index contributed by atoms with van der Waals surface area (Å²) in [5, 5.41) is 2.29. The maximum Gasteiger partial charge on any atom is 0.387 e. The minimum absolute atomic E-state index is 0.00579. The first kappa shape index (κ1) is 21.9. The fraction of sp³-hybridized carbons (Fsp3) is 0.421. The molecule has 1 heterocycles. The minimum Gasteiger partial charge on any atom is -0.435 e. The molecule has 1 aromatic carbocycles. The Bertz CT molecular complexity index is 773. The first-order valence-electron chi connectivity index (χ1n) is 8.62. The zero-order chi connectivity index (χ0) is 20.9. The van der Waals surface area contributed by atoms with Crippen molar-refractivity contribution in [3.63, 3.8) is 0 Å². The Morgan fingerprint density at radius 3 is 2.46 bits per heavy atom. The molecule has 0 aromatic heterocycles. The molecule has 1 aromatic rings. The van der Waals surface area contributed by atoms with Crippen LogP contribution < -0.4 is 10.1 Å². The van der Waals surface area contributed by atoms with Crippen LogP contribution in [0.25, 0.3) is 6.08 Å². The van der Waals surface area contributed by atoms with Gasteiger partial charge < -0.3 is 10.1 Å². The summed E-state index contributed by atoms with van der Waals surface area (Å²) in [4.78, 5) is 37.6. The van der Waals surface area contributed by atoms with Crippen LogP contribution in [0.5, 0.6) is 5.75 Å². The van der Waals surface area contributed by atoms with Gasteiger partial charge in [0.05, 0.1) is 4.91 Å². The molecule has 0 aliphatic carbocycles. The number of rotatable bonds is 7. The molecule has 0 atom stereocenters. The third kappa shape index (κ3) is 6.63. The van der Waals surface area contributed by atoms with Gasteiger partial charge in [0.15, 0.2) is 0 Å². The quantitative estimate of drug-likeness (QED) is 0.688. The van der Waals surface area contributed by atoms with Gasteiger partial charge in [0, 0.05) is 19.5 Å². The summed E-state index contributed by atoms with van der Waals surface area (Å²) in [5.41, 5.74) is 0.427. The zero-order valence-corrected chi connectivity index (χ0v) is 16.6. The molecule has 2 rings (SSSR count). The molecule has 0 bridgehead atoms. The van der Waals surface area contributed by atoms with E-state index in [-0.39, 0.29) is 35.1 Å². The van der Waals surface area contributed by atoms with Crippen LogP contribution in [0.1, 0.15) is 32.8 Å². The van der Waals surface area contributed by atoms with Crippen molar-refractivity contribution in [1.29, 1.82) is 0 Å². The van der Waals surface area contributed by atoms with Crippen LogP contribution >= 0.6 is 11.8 Å². The number of carbonyl (C=O) groups excluding carboxylic acids is 3. The van der Waals surface area contributed by atoms with Crippen LogP contribution in [0.3, 0.4) is 0 Å². The number of carbonyl (C=O) groups is 3. The van der Waals surface area contributed by atoms with E-state index < -0.39 is 17.8 Å². The number of benzene rings is 1. The highest BCUT2D eigenvalue weighted by molar-refractivity contribution is 8.18. The van der Waals surface area contributed by atoms with Crippen LogP contribution in [0.15, 0.2) is 29.2 Å². The average molecular weight is 412 g/mol. The second kappa shape index (κ2) is 9.18. The van der Waals surface area contributed by atoms with E-state index in [1.807, 2.05) is 20.8 Å². The Kier molecular flexibility index (Phi) is 7.17. The summed E-state index contributed by atoms with van der Waals surface area (Å²) in [6.07, 6.45) is 1.86. The lowest BCUT2D eigenvalue weighted by Gasteiger charge is -2.18. The number of thioether (sulfide) groups is 1. The molecule has 3 amide bonds. The Hall–Kier alpha value is -2.42. The molecule has 152 valence electrons. The van der Waals surface area contributed by atoms with E-state index >= 15 is 0 Å². The lowest BCUT2D eigenvalue weighted by Crippen LogP contribution is -2.38. The predicted octanol–water partition coefficient (Wildman–Crippen LogP) is 3.88. The molecule has 0 unspecified atom stereocenters. The van der Waals surface area contributed by atoms with Crippen LogP contribution in [0, 0.1) is 5.41 Å². The third-order valence-corrected chi connectivity index (χ3v) is 4.53. The van der Waals surface area contributed by atoms with E-state index in [0.29, 0.717) is 12.0 Å². The first-order valence-corrected chi connectivity index (χ1v) is 9.44. The number of ether oxygens (including phenoxy) is 1. The van der Waals surface area contributed by atoms with E-state index in [2.05, 4.69) is 10.1 Å². The van der Waals surface area contributed by atoms with Crippen molar-refractivity contribution in [1.82, 2.24) is 10.2 Å². The molecule has 1 fully saturated rings. The molecule has 1 N–H and O–H groups in total. The highest BCUT2D eigenvalue weighted by Gasteiger charge is 2.34. The molecule has 0 spiro atoms. The van der Waals surface area contributed by atoms with Gasteiger partial charge in [-0.05, 0) is 40.9 Å². The Morgan fingerprint density at radius 2 is 1.89 bits per heavy atom. The lowest BCUT2D eigenvalue weighted by atomic mass is 9.92. The summed E-state index contributed by atoms with van der Waals surface area (Å²) in [6.45, 7) is 3.19. The highest BCUT2D eigenvalue weighted by atomic mass is 32.2. The maximum absolute atomic E-state index is 12.4. The van der Waals surface area contributed by atoms with Crippen molar-refractivity contribution in [2.75, 3.05) is 13.1 Å². The van der Waals surface area contributed by atoms with Crippen molar-refractivity contribution in [3.05, 3.63) is 34.7 Å². The molecule has 28 heavy (non-hydrogen) atoms. The van der Waals surface area contributed by atoms with Gasteiger partial charge in [0.1, 0.15) is 5.75 Å². The number of nitrogens with zero attached hydrogens (tertiary/aromatic N) is 1. The second-order valence-electron chi connectivity index (χ2n) is 7.37. The van der Waals surface area contributed by atoms with Crippen molar-refractivity contribution in [2.24, 2.45) is 5.41 Å². The van der Waals surface area contributed by atoms with E-state index in [9.17, 15) is 23.2 Å². The maximum atomic E-state index is 12.4. The van der Waals surface area contributed by atoms with E-state index in [1.54, 1.807) is 0 Å². The Balaban J connectivity index is 1.93. The fourth-order valence-corrected chi connectivity index (χ4v) is 3.31. The van der Waals surface area contributed by atoms with Crippen LogP contribution in [0.4, 0.5) is 13.6 Å². The lowest BCUT2D eigenvalue weighted by molar-refractivity contribution is -0.125. The van der Waals surface area contributed by atoms with Crippen molar-refractivity contribution in [2.45, 2.75) is 33.8 Å². The van der Waals surface area contributed by atoms with Crippen molar-refractivity contribution < 1.29 is 27.9 Å². The standard InChI is InChI=1S/C19H22F2N2O4S/c1-19(2,3)11-15(24)22-8-9-23-16(25)14(28-18(23)26)10-12-4-6-13(7-5-12)27-17(20)21/h4-7,10,17H,8-9,11H2,1-3H3,(H,22,24)/b14-10-. The highest BCUT2D eigenvalue weighted by Crippen LogP contribution is 2.32. The summed E-state index contributed by atoms with van der Waals surface area (Å²) in [7, 11) is 0. The molecule has 1 aliphatic heterocycles. The molecule has 0 radical (unpaired) electrons. The average Bonchev–Trinajstić information content (AvgIpc) is 2.82. The molecule has 9 heteroatoms. The van der Waals surface area contributed by atoms with Gasteiger partial charge in [0.2, 0.25) is 5.91 Å². The molecule has 1 saturated heterocycles. The van der Waals surface area contributed by atoms with Crippen LogP contribution in [0.2, 0.25) is 0 Å². The van der Waals surface area contributed by atoms with Gasteiger partial charge in [-0.25, -0.2) is 0 Å².